The predicted octanol–water partition coefficient (Wildman–Crippen LogP) is 2.11. The quantitative estimate of drug-likeness (QED) is 0.450. The number of non-ortho nitro benzene ring substituents is 1. The van der Waals surface area contributed by atoms with Gasteiger partial charge in [-0.3, -0.25) is 19.7 Å². The number of amides is 1. The molecule has 0 radical (unpaired) electrons. The number of methoxy groups -OCH3 is 1. The van der Waals surface area contributed by atoms with Crippen molar-refractivity contribution in [3.05, 3.63) is 45.7 Å². The Labute approximate surface area is 155 Å². The Morgan fingerprint density at radius 2 is 2.11 bits per heavy atom. The largest absolute Gasteiger partial charge is 0.499 e. The van der Waals surface area contributed by atoms with Crippen molar-refractivity contribution in [2.24, 2.45) is 0 Å². The van der Waals surface area contributed by atoms with Crippen LogP contribution in [0.15, 0.2) is 30.0 Å². The maximum atomic E-state index is 12.6. The zero-order valence-corrected chi connectivity index (χ0v) is 15.4. The highest BCUT2D eigenvalue weighted by atomic mass is 16.6. The standard InChI is InChI=1S/C18H20N2O7/c1-10(21)26-17-16(19-9-12(25-4)8-15(19)22)13-7-11(20(23)24)5-6-14(13)27-18(17,2)3/h5-8,16-17H,9H2,1-4H3/t16-,17+/m0/s1. The van der Waals surface area contributed by atoms with E-state index < -0.39 is 28.6 Å². The second kappa shape index (κ2) is 6.57. The Morgan fingerprint density at radius 1 is 1.41 bits per heavy atom. The third kappa shape index (κ3) is 3.32. The highest BCUT2D eigenvalue weighted by Crippen LogP contribution is 2.46. The molecule has 1 aromatic carbocycles. The molecule has 1 aromatic rings. The van der Waals surface area contributed by atoms with Crippen LogP contribution in [0.4, 0.5) is 5.69 Å². The van der Waals surface area contributed by atoms with Gasteiger partial charge in [-0.1, -0.05) is 0 Å². The molecule has 0 saturated heterocycles. The average molecular weight is 376 g/mol. The number of ether oxygens (including phenoxy) is 3. The minimum absolute atomic E-state index is 0.143. The van der Waals surface area contributed by atoms with E-state index in [1.165, 1.54) is 43.2 Å². The molecule has 0 saturated carbocycles. The molecule has 0 aliphatic carbocycles. The van der Waals surface area contributed by atoms with E-state index in [1.54, 1.807) is 13.8 Å². The zero-order valence-electron chi connectivity index (χ0n) is 15.4. The molecule has 0 spiro atoms. The molecule has 2 aliphatic heterocycles. The summed E-state index contributed by atoms with van der Waals surface area (Å²) in [5.74, 6) is -0.0122. The summed E-state index contributed by atoms with van der Waals surface area (Å²) in [6.07, 6.45) is 0.489. The fraction of sp³-hybridized carbons (Fsp3) is 0.444. The SMILES string of the molecule is COC1=CC(=O)N([C@H]2c3cc([N+](=O)[O-])ccc3OC(C)(C)[C@@H]2OC(C)=O)C1. The summed E-state index contributed by atoms with van der Waals surface area (Å²) in [5.41, 5.74) is -0.695. The van der Waals surface area contributed by atoms with Crippen LogP contribution < -0.4 is 4.74 Å². The van der Waals surface area contributed by atoms with Crippen LogP contribution in [0.1, 0.15) is 32.4 Å². The summed E-state index contributed by atoms with van der Waals surface area (Å²) >= 11 is 0. The smallest absolute Gasteiger partial charge is 0.303 e. The topological polar surface area (TPSA) is 108 Å². The summed E-state index contributed by atoms with van der Waals surface area (Å²) in [6, 6.07) is 3.42. The van der Waals surface area contributed by atoms with Gasteiger partial charge in [0.1, 0.15) is 23.2 Å². The second-order valence-corrected chi connectivity index (χ2v) is 6.94. The fourth-order valence-corrected chi connectivity index (χ4v) is 3.45. The molecule has 2 heterocycles. The Kier molecular flexibility index (Phi) is 4.54. The molecular formula is C18H20N2O7. The van der Waals surface area contributed by atoms with Gasteiger partial charge < -0.3 is 19.1 Å². The van der Waals surface area contributed by atoms with E-state index in [2.05, 4.69) is 0 Å². The molecule has 2 aliphatic rings. The zero-order chi connectivity index (χ0) is 19.9. The number of nitro benzene ring substituents is 1. The first-order valence-corrected chi connectivity index (χ1v) is 8.34. The van der Waals surface area contributed by atoms with E-state index in [0.717, 1.165) is 0 Å². The Hall–Kier alpha value is -3.10. The first kappa shape index (κ1) is 18.7. The van der Waals surface area contributed by atoms with Crippen molar-refractivity contribution in [2.45, 2.75) is 38.5 Å². The number of carbonyl (C=O) groups excluding carboxylic acids is 2. The van der Waals surface area contributed by atoms with Crippen LogP contribution >= 0.6 is 0 Å². The van der Waals surface area contributed by atoms with E-state index in [-0.39, 0.29) is 18.1 Å². The van der Waals surface area contributed by atoms with Gasteiger partial charge in [-0.2, -0.15) is 0 Å². The number of esters is 1. The molecule has 9 nitrogen and oxygen atoms in total. The van der Waals surface area contributed by atoms with Crippen molar-refractivity contribution in [3.8, 4) is 5.75 Å². The van der Waals surface area contributed by atoms with Gasteiger partial charge in [-0.15, -0.1) is 0 Å². The van der Waals surface area contributed by atoms with Gasteiger partial charge in [0.05, 0.1) is 18.6 Å². The van der Waals surface area contributed by atoms with Gasteiger partial charge in [0.15, 0.2) is 6.10 Å². The van der Waals surface area contributed by atoms with E-state index in [9.17, 15) is 19.7 Å². The Balaban J connectivity index is 2.14. The molecule has 0 N–H and O–H groups in total. The lowest BCUT2D eigenvalue weighted by molar-refractivity contribution is -0.385. The molecule has 0 bridgehead atoms. The van der Waals surface area contributed by atoms with Crippen molar-refractivity contribution >= 4 is 17.6 Å². The number of benzene rings is 1. The lowest BCUT2D eigenvalue weighted by Gasteiger charge is -2.46. The van der Waals surface area contributed by atoms with Crippen LogP contribution in [0.3, 0.4) is 0 Å². The van der Waals surface area contributed by atoms with Crippen molar-refractivity contribution in [3.63, 3.8) is 0 Å². The van der Waals surface area contributed by atoms with Gasteiger partial charge in [-0.05, 0) is 19.9 Å². The summed E-state index contributed by atoms with van der Waals surface area (Å²) in [4.78, 5) is 36.5. The number of carbonyl (C=O) groups is 2. The monoisotopic (exact) mass is 376 g/mol. The minimum Gasteiger partial charge on any atom is -0.499 e. The first-order valence-electron chi connectivity index (χ1n) is 8.34. The maximum Gasteiger partial charge on any atom is 0.303 e. The molecular weight excluding hydrogens is 356 g/mol. The van der Waals surface area contributed by atoms with Crippen LogP contribution in [0.25, 0.3) is 0 Å². The first-order chi connectivity index (χ1) is 12.6. The van der Waals surface area contributed by atoms with Gasteiger partial charge in [0, 0.05) is 30.7 Å². The number of nitrogens with zero attached hydrogens (tertiary/aromatic N) is 2. The molecule has 1 amide bonds. The summed E-state index contributed by atoms with van der Waals surface area (Å²) < 4.78 is 16.6. The summed E-state index contributed by atoms with van der Waals surface area (Å²) in [5, 5.41) is 11.2. The predicted molar refractivity (Wildman–Crippen MR) is 92.9 cm³/mol. The third-order valence-corrected chi connectivity index (χ3v) is 4.65. The minimum atomic E-state index is -0.963. The van der Waals surface area contributed by atoms with Crippen molar-refractivity contribution in [2.75, 3.05) is 13.7 Å². The van der Waals surface area contributed by atoms with E-state index in [0.29, 0.717) is 17.1 Å². The Bertz CT molecular complexity index is 846. The van der Waals surface area contributed by atoms with Gasteiger partial charge >= 0.3 is 5.97 Å². The van der Waals surface area contributed by atoms with Gasteiger partial charge in [0.25, 0.3) is 11.6 Å². The molecule has 0 unspecified atom stereocenters. The van der Waals surface area contributed by atoms with Crippen molar-refractivity contribution in [1.29, 1.82) is 0 Å². The molecule has 0 aromatic heterocycles. The van der Waals surface area contributed by atoms with Crippen molar-refractivity contribution < 1.29 is 28.7 Å². The maximum absolute atomic E-state index is 12.6. The molecule has 0 fully saturated rings. The number of hydrogen-bond donors (Lipinski definition) is 0. The number of nitro groups is 1. The van der Waals surface area contributed by atoms with E-state index in [1.807, 2.05) is 0 Å². The van der Waals surface area contributed by atoms with Crippen molar-refractivity contribution in [1.82, 2.24) is 4.90 Å². The van der Waals surface area contributed by atoms with Gasteiger partial charge in [0.2, 0.25) is 0 Å². The van der Waals surface area contributed by atoms with Crippen LogP contribution in [-0.4, -0.2) is 47.1 Å². The molecule has 27 heavy (non-hydrogen) atoms. The summed E-state index contributed by atoms with van der Waals surface area (Å²) in [7, 11) is 1.46. The van der Waals surface area contributed by atoms with E-state index >= 15 is 0 Å². The number of hydrogen-bond acceptors (Lipinski definition) is 7. The normalized spacial score (nSPS) is 23.2. The summed E-state index contributed by atoms with van der Waals surface area (Å²) in [6.45, 7) is 4.91. The van der Waals surface area contributed by atoms with Gasteiger partial charge in [-0.25, -0.2) is 0 Å². The highest BCUT2D eigenvalue weighted by molar-refractivity contribution is 5.91. The highest BCUT2D eigenvalue weighted by Gasteiger charge is 2.51. The molecule has 144 valence electrons. The van der Waals surface area contributed by atoms with Crippen LogP contribution in [-0.2, 0) is 19.1 Å². The number of fused-ring (bicyclic) bond motifs is 1. The van der Waals surface area contributed by atoms with Crippen LogP contribution in [0.2, 0.25) is 0 Å². The number of rotatable bonds is 4. The lowest BCUT2D eigenvalue weighted by atomic mass is 9.85. The van der Waals surface area contributed by atoms with Crippen LogP contribution in [0, 0.1) is 10.1 Å². The molecule has 2 atom stereocenters. The van der Waals surface area contributed by atoms with Crippen LogP contribution in [0.5, 0.6) is 5.75 Å². The molecule has 9 heteroatoms. The molecule has 3 rings (SSSR count). The second-order valence-electron chi connectivity index (χ2n) is 6.94. The van der Waals surface area contributed by atoms with E-state index in [4.69, 9.17) is 14.2 Å². The average Bonchev–Trinajstić information content (AvgIpc) is 2.95. The third-order valence-electron chi connectivity index (χ3n) is 4.65. The fourth-order valence-electron chi connectivity index (χ4n) is 3.45. The lowest BCUT2D eigenvalue weighted by Crippen LogP contribution is -2.55. The Morgan fingerprint density at radius 3 is 2.67 bits per heavy atom.